The quantitative estimate of drug-likeness (QED) is 0.135. The van der Waals surface area contributed by atoms with Crippen LogP contribution in [0.5, 0.6) is 11.5 Å². The molecule has 0 spiro atoms. The fourth-order valence-corrected chi connectivity index (χ4v) is 6.92. The minimum Gasteiger partial charge on any atom is -0.489 e. The number of carbonyl (C=O) groups excluding carboxylic acids is 1. The topological polar surface area (TPSA) is 69.1 Å². The van der Waals surface area contributed by atoms with E-state index in [4.69, 9.17) is 31.4 Å². The molecule has 8 nitrogen and oxygen atoms in total. The summed E-state index contributed by atoms with van der Waals surface area (Å²) in [5.74, 6) is 1.95. The number of piperazine rings is 1. The van der Waals surface area contributed by atoms with Crippen molar-refractivity contribution in [3.8, 4) is 11.5 Å². The Bertz CT molecular complexity index is 1920. The number of aromatic nitrogens is 2. The summed E-state index contributed by atoms with van der Waals surface area (Å²) in [6.45, 7) is 3.47. The second-order valence-electron chi connectivity index (χ2n) is 12.7. The second kappa shape index (κ2) is 15.7. The van der Waals surface area contributed by atoms with Gasteiger partial charge in [0.25, 0.3) is 0 Å². The van der Waals surface area contributed by atoms with Crippen LogP contribution in [0, 0.1) is 5.82 Å². The van der Waals surface area contributed by atoms with E-state index in [2.05, 4.69) is 9.47 Å². The molecule has 50 heavy (non-hydrogen) atoms. The molecule has 256 valence electrons. The SMILES string of the molecule is O=C1CN(CCc2cnc3n2C(c2cccc(F)c2)CCC3OC(=S)Oc2ccccc2)CCN1Cc1cccc(OCc2ccccc2)c1. The number of hydrogen-bond acceptors (Lipinski definition) is 7. The molecule has 2 aliphatic rings. The number of hydrogen-bond donors (Lipinski definition) is 0. The number of nitrogens with zero attached hydrogens (tertiary/aromatic N) is 4. The molecule has 3 heterocycles. The van der Waals surface area contributed by atoms with Gasteiger partial charge < -0.3 is 23.7 Å². The van der Waals surface area contributed by atoms with Crippen LogP contribution in [0.25, 0.3) is 0 Å². The number of halogens is 1. The lowest BCUT2D eigenvalue weighted by Crippen LogP contribution is -2.50. The number of rotatable bonds is 11. The zero-order valence-corrected chi connectivity index (χ0v) is 28.5. The van der Waals surface area contributed by atoms with Gasteiger partial charge in [-0.1, -0.05) is 72.8 Å². The number of benzene rings is 4. The normalized spacial score (nSPS) is 17.6. The fraction of sp³-hybridized carbons (Fsp3) is 0.275. The average Bonchev–Trinajstić information content (AvgIpc) is 3.57. The summed E-state index contributed by atoms with van der Waals surface area (Å²) in [6, 6.07) is 34.0. The smallest absolute Gasteiger partial charge is 0.358 e. The summed E-state index contributed by atoms with van der Waals surface area (Å²) < 4.78 is 34.4. The van der Waals surface area contributed by atoms with Crippen molar-refractivity contribution < 1.29 is 23.4 Å². The molecule has 0 aliphatic carbocycles. The molecule has 5 aromatic rings. The summed E-state index contributed by atoms with van der Waals surface area (Å²) in [7, 11) is 0. The lowest BCUT2D eigenvalue weighted by Gasteiger charge is -2.35. The number of ether oxygens (including phenoxy) is 3. The van der Waals surface area contributed by atoms with Crippen molar-refractivity contribution in [2.24, 2.45) is 0 Å². The Balaban J connectivity index is 0.986. The number of carbonyl (C=O) groups is 1. The number of fused-ring (bicyclic) bond motifs is 1. The molecule has 0 N–H and O–H groups in total. The molecule has 1 fully saturated rings. The van der Waals surface area contributed by atoms with Crippen LogP contribution < -0.4 is 9.47 Å². The van der Waals surface area contributed by atoms with Gasteiger partial charge in [-0.05, 0) is 65.9 Å². The molecule has 1 aromatic heterocycles. The molecule has 0 bridgehead atoms. The van der Waals surface area contributed by atoms with Gasteiger partial charge in [-0.3, -0.25) is 9.69 Å². The van der Waals surface area contributed by atoms with Crippen molar-refractivity contribution in [1.29, 1.82) is 0 Å². The van der Waals surface area contributed by atoms with Gasteiger partial charge >= 0.3 is 5.24 Å². The van der Waals surface area contributed by atoms with Gasteiger partial charge in [-0.25, -0.2) is 9.37 Å². The van der Waals surface area contributed by atoms with E-state index >= 15 is 0 Å². The maximum Gasteiger partial charge on any atom is 0.358 e. The van der Waals surface area contributed by atoms with Crippen molar-refractivity contribution in [3.63, 3.8) is 0 Å². The highest BCUT2D eigenvalue weighted by Crippen LogP contribution is 2.39. The third-order valence-corrected chi connectivity index (χ3v) is 9.40. The van der Waals surface area contributed by atoms with Gasteiger partial charge in [0.1, 0.15) is 23.9 Å². The van der Waals surface area contributed by atoms with Crippen molar-refractivity contribution >= 4 is 23.4 Å². The van der Waals surface area contributed by atoms with E-state index in [1.807, 2.05) is 102 Å². The van der Waals surface area contributed by atoms with Crippen LogP contribution in [0.15, 0.2) is 115 Å². The maximum absolute atomic E-state index is 14.4. The van der Waals surface area contributed by atoms with Crippen molar-refractivity contribution in [2.45, 2.75) is 44.6 Å². The molecule has 0 saturated carbocycles. The number of para-hydroxylation sites is 1. The van der Waals surface area contributed by atoms with Crippen LogP contribution in [0.3, 0.4) is 0 Å². The number of amides is 1. The van der Waals surface area contributed by atoms with Crippen LogP contribution in [0.4, 0.5) is 4.39 Å². The van der Waals surface area contributed by atoms with Gasteiger partial charge in [-0.15, -0.1) is 0 Å². The van der Waals surface area contributed by atoms with E-state index < -0.39 is 6.10 Å². The molecular weight excluding hydrogens is 652 g/mol. The second-order valence-corrected chi connectivity index (χ2v) is 13.0. The fourth-order valence-electron chi connectivity index (χ4n) is 6.71. The Morgan fingerprint density at radius 2 is 1.62 bits per heavy atom. The minimum absolute atomic E-state index is 0.0318. The van der Waals surface area contributed by atoms with Crippen LogP contribution in [0.2, 0.25) is 0 Å². The van der Waals surface area contributed by atoms with Crippen molar-refractivity contribution in [3.05, 3.63) is 149 Å². The third kappa shape index (κ3) is 8.21. The molecule has 1 saturated heterocycles. The molecule has 2 aliphatic heterocycles. The Kier molecular flexibility index (Phi) is 10.5. The van der Waals surface area contributed by atoms with Crippen LogP contribution >= 0.6 is 12.2 Å². The average molecular weight is 691 g/mol. The predicted octanol–water partition coefficient (Wildman–Crippen LogP) is 7.29. The highest BCUT2D eigenvalue weighted by Gasteiger charge is 2.34. The predicted molar refractivity (Wildman–Crippen MR) is 192 cm³/mol. The van der Waals surface area contributed by atoms with Crippen LogP contribution in [0.1, 0.15) is 53.2 Å². The first-order valence-corrected chi connectivity index (χ1v) is 17.4. The number of thiocarbonyl (C=S) groups is 1. The van der Waals surface area contributed by atoms with E-state index in [1.165, 1.54) is 6.07 Å². The molecule has 2 unspecified atom stereocenters. The molecule has 4 aromatic carbocycles. The molecule has 1 amide bonds. The first-order valence-electron chi connectivity index (χ1n) is 17.0. The standard InChI is InChI=1S/C40H39FN4O4S/c41-32-13-8-12-31(24-32)36-17-18-37(49-40(50)48-34-14-5-2-6-15-34)39-42-25-33(45(36)39)19-20-43-21-22-44(38(46)27-43)26-30-11-7-16-35(23-30)47-28-29-9-3-1-4-10-29/h1-16,23-25,36-37H,17-22,26-28H2. The van der Waals surface area contributed by atoms with Crippen LogP contribution in [-0.4, -0.2) is 56.7 Å². The highest BCUT2D eigenvalue weighted by molar-refractivity contribution is 7.79. The molecular formula is C40H39FN4O4S. The van der Waals surface area contributed by atoms with Gasteiger partial charge in [0, 0.05) is 56.7 Å². The third-order valence-electron chi connectivity index (χ3n) is 9.22. The first-order chi connectivity index (χ1) is 24.5. The zero-order chi connectivity index (χ0) is 34.3. The Morgan fingerprint density at radius 3 is 2.42 bits per heavy atom. The van der Waals surface area contributed by atoms with Gasteiger partial charge in [0.2, 0.25) is 5.91 Å². The zero-order valence-electron chi connectivity index (χ0n) is 27.7. The number of imidazole rings is 1. The summed E-state index contributed by atoms with van der Waals surface area (Å²) in [6.07, 6.45) is 3.50. The van der Waals surface area contributed by atoms with E-state index in [9.17, 15) is 9.18 Å². The molecule has 10 heteroatoms. The maximum atomic E-state index is 14.4. The van der Waals surface area contributed by atoms with E-state index in [0.29, 0.717) is 57.8 Å². The minimum atomic E-state index is -0.405. The monoisotopic (exact) mass is 690 g/mol. The highest BCUT2D eigenvalue weighted by atomic mass is 32.1. The van der Waals surface area contributed by atoms with Gasteiger partial charge in [0.15, 0.2) is 11.9 Å². The largest absolute Gasteiger partial charge is 0.489 e. The van der Waals surface area contributed by atoms with Crippen LogP contribution in [-0.2, 0) is 29.1 Å². The summed E-state index contributed by atoms with van der Waals surface area (Å²) >= 11 is 5.45. The lowest BCUT2D eigenvalue weighted by molar-refractivity contribution is -0.136. The Labute approximate surface area is 297 Å². The summed E-state index contributed by atoms with van der Waals surface area (Å²) in [5, 5.41) is 0.0318. The van der Waals surface area contributed by atoms with Crippen molar-refractivity contribution in [2.75, 3.05) is 26.2 Å². The molecule has 0 radical (unpaired) electrons. The molecule has 2 atom stereocenters. The first kappa shape index (κ1) is 33.4. The van der Waals surface area contributed by atoms with Gasteiger partial charge in [0.05, 0.1) is 12.6 Å². The Morgan fingerprint density at radius 1 is 0.860 bits per heavy atom. The van der Waals surface area contributed by atoms with E-state index in [1.54, 1.807) is 12.1 Å². The summed E-state index contributed by atoms with van der Waals surface area (Å²) in [4.78, 5) is 22.2. The molecule has 7 rings (SSSR count). The Hall–Kier alpha value is -5.06. The van der Waals surface area contributed by atoms with E-state index in [0.717, 1.165) is 40.5 Å². The van der Waals surface area contributed by atoms with Gasteiger partial charge in [-0.2, -0.15) is 0 Å². The van der Waals surface area contributed by atoms with Crippen molar-refractivity contribution in [1.82, 2.24) is 19.4 Å². The summed E-state index contributed by atoms with van der Waals surface area (Å²) in [5.41, 5.74) is 4.03. The lowest BCUT2D eigenvalue weighted by atomic mass is 9.95. The van der Waals surface area contributed by atoms with E-state index in [-0.39, 0.29) is 23.0 Å².